The highest BCUT2D eigenvalue weighted by Crippen LogP contribution is 2.30. The van der Waals surface area contributed by atoms with Crippen LogP contribution >= 0.6 is 22.6 Å². The van der Waals surface area contributed by atoms with Gasteiger partial charge in [0.25, 0.3) is 0 Å². The summed E-state index contributed by atoms with van der Waals surface area (Å²) in [6.45, 7) is 8.75. The molecule has 0 aliphatic rings. The van der Waals surface area contributed by atoms with Crippen molar-refractivity contribution >= 4 is 30.7 Å². The second-order valence-electron chi connectivity index (χ2n) is 6.65. The van der Waals surface area contributed by atoms with E-state index in [1.54, 1.807) is 0 Å². The predicted molar refractivity (Wildman–Crippen MR) is 116 cm³/mol. The van der Waals surface area contributed by atoms with Gasteiger partial charge >= 0.3 is 0 Å². The van der Waals surface area contributed by atoms with Crippen molar-refractivity contribution in [3.05, 3.63) is 21.3 Å². The minimum absolute atomic E-state index is 0.00110. The third-order valence-electron chi connectivity index (χ3n) is 3.05. The lowest BCUT2D eigenvalue weighted by Crippen LogP contribution is -2.16. The van der Waals surface area contributed by atoms with Gasteiger partial charge in [-0.3, -0.25) is 0 Å². The van der Waals surface area contributed by atoms with E-state index in [0.29, 0.717) is 45.4 Å². The quantitative estimate of drug-likeness (QED) is 0.195. The van der Waals surface area contributed by atoms with Crippen LogP contribution < -0.4 is 9.47 Å². The summed E-state index contributed by atoms with van der Waals surface area (Å²) in [7, 11) is -1.54. The lowest BCUT2D eigenvalue weighted by atomic mass is 10.2. The molecule has 0 bridgehead atoms. The summed E-state index contributed by atoms with van der Waals surface area (Å²) in [4.78, 5) is 0. The molecule has 6 nitrogen and oxygen atoms in total. The first kappa shape index (κ1) is 24.2. The smallest absolute Gasteiger partial charge is 0.136 e. The monoisotopic (exact) mass is 508 g/mol. The van der Waals surface area contributed by atoms with E-state index in [2.05, 4.69) is 53.7 Å². The SMILES string of the molecule is C[Si](C)(C)C#Cc1cc(OCCOCCO)c(I)cc1OCCOCCO. The van der Waals surface area contributed by atoms with Crippen molar-refractivity contribution in [3.63, 3.8) is 0 Å². The van der Waals surface area contributed by atoms with Crippen LogP contribution in [0.5, 0.6) is 11.5 Å². The van der Waals surface area contributed by atoms with E-state index in [1.807, 2.05) is 12.1 Å². The van der Waals surface area contributed by atoms with Crippen molar-refractivity contribution in [1.29, 1.82) is 0 Å². The highest BCUT2D eigenvalue weighted by molar-refractivity contribution is 14.1. The average Bonchev–Trinajstić information content (AvgIpc) is 2.61. The Bertz CT molecular complexity index is 621. The first-order chi connectivity index (χ1) is 12.9. The van der Waals surface area contributed by atoms with Crippen molar-refractivity contribution in [3.8, 4) is 23.0 Å². The first-order valence-electron chi connectivity index (χ1n) is 8.87. The Morgan fingerprint density at radius 3 is 1.93 bits per heavy atom. The van der Waals surface area contributed by atoms with Gasteiger partial charge in [-0.25, -0.2) is 0 Å². The number of aliphatic hydroxyl groups excluding tert-OH is 2. The molecule has 8 heteroatoms. The third kappa shape index (κ3) is 10.9. The van der Waals surface area contributed by atoms with Gasteiger partial charge in [0.15, 0.2) is 0 Å². The maximum Gasteiger partial charge on any atom is 0.136 e. The molecule has 0 unspecified atom stereocenters. The number of benzene rings is 1. The summed E-state index contributed by atoms with van der Waals surface area (Å²) in [5, 5.41) is 17.5. The van der Waals surface area contributed by atoms with E-state index >= 15 is 0 Å². The Labute approximate surface area is 176 Å². The zero-order chi connectivity index (χ0) is 20.1. The molecule has 0 spiro atoms. The van der Waals surface area contributed by atoms with Gasteiger partial charge in [0.05, 0.1) is 48.8 Å². The van der Waals surface area contributed by atoms with Crippen molar-refractivity contribution in [2.45, 2.75) is 19.6 Å². The van der Waals surface area contributed by atoms with Crippen LogP contribution in [0, 0.1) is 15.0 Å². The van der Waals surface area contributed by atoms with Crippen molar-refractivity contribution in [2.24, 2.45) is 0 Å². The molecule has 0 fully saturated rings. The van der Waals surface area contributed by atoms with E-state index in [1.165, 1.54) is 0 Å². The van der Waals surface area contributed by atoms with Gasteiger partial charge in [0, 0.05) is 6.07 Å². The number of ether oxygens (including phenoxy) is 4. The highest BCUT2D eigenvalue weighted by Gasteiger charge is 2.12. The molecule has 0 saturated carbocycles. The first-order valence-corrected chi connectivity index (χ1v) is 13.4. The van der Waals surface area contributed by atoms with Gasteiger partial charge in [-0.05, 0) is 28.7 Å². The largest absolute Gasteiger partial charge is 0.490 e. The van der Waals surface area contributed by atoms with Gasteiger partial charge in [0.1, 0.15) is 32.8 Å². The Kier molecular flexibility index (Phi) is 12.0. The third-order valence-corrected chi connectivity index (χ3v) is 4.77. The Morgan fingerprint density at radius 1 is 0.852 bits per heavy atom. The Morgan fingerprint density at radius 2 is 1.41 bits per heavy atom. The molecule has 0 aromatic heterocycles. The van der Waals surface area contributed by atoms with Crippen molar-refractivity contribution < 1.29 is 29.2 Å². The Hall–Kier alpha value is -0.833. The van der Waals surface area contributed by atoms with E-state index < -0.39 is 8.07 Å². The lowest BCUT2D eigenvalue weighted by Gasteiger charge is -2.14. The minimum atomic E-state index is -1.54. The van der Waals surface area contributed by atoms with Crippen LogP contribution in [0.1, 0.15) is 5.56 Å². The number of hydrogen-bond acceptors (Lipinski definition) is 6. The summed E-state index contributed by atoms with van der Waals surface area (Å²) in [5.74, 6) is 4.67. The topological polar surface area (TPSA) is 77.4 Å². The van der Waals surface area contributed by atoms with Gasteiger partial charge in [-0.1, -0.05) is 25.6 Å². The highest BCUT2D eigenvalue weighted by atomic mass is 127. The molecular weight excluding hydrogens is 479 g/mol. The molecule has 152 valence electrons. The number of halogens is 1. The molecule has 0 amide bonds. The standard InChI is InChI=1S/C19H29IO6Si/c1-27(2,3)13-4-16-14-19(26-12-10-24-8-6-22)17(20)15-18(16)25-11-9-23-7-5-21/h14-15,21-22H,5-12H2,1-3H3. The maximum atomic E-state index is 8.74. The molecule has 1 aromatic carbocycles. The summed E-state index contributed by atoms with van der Waals surface area (Å²) >= 11 is 2.20. The minimum Gasteiger partial charge on any atom is -0.490 e. The number of hydrogen-bond donors (Lipinski definition) is 2. The zero-order valence-corrected chi connectivity index (χ0v) is 19.4. The number of aliphatic hydroxyl groups is 2. The van der Waals surface area contributed by atoms with E-state index in [-0.39, 0.29) is 13.2 Å². The molecule has 1 aromatic rings. The molecule has 1 rings (SSSR count). The second-order valence-corrected chi connectivity index (χ2v) is 12.6. The van der Waals surface area contributed by atoms with Crippen LogP contribution in [0.4, 0.5) is 0 Å². The average molecular weight is 508 g/mol. The molecule has 0 atom stereocenters. The summed E-state index contributed by atoms with van der Waals surface area (Å²) in [6.07, 6.45) is 0. The molecule has 0 radical (unpaired) electrons. The fourth-order valence-electron chi connectivity index (χ4n) is 1.87. The van der Waals surface area contributed by atoms with Crippen molar-refractivity contribution in [1.82, 2.24) is 0 Å². The van der Waals surface area contributed by atoms with Crippen LogP contribution in [0.2, 0.25) is 19.6 Å². The lowest BCUT2D eigenvalue weighted by molar-refractivity contribution is 0.0695. The molecule has 2 N–H and O–H groups in total. The fraction of sp³-hybridized carbons (Fsp3) is 0.579. The van der Waals surface area contributed by atoms with Crippen molar-refractivity contribution in [2.75, 3.05) is 52.9 Å². The van der Waals surface area contributed by atoms with E-state index in [0.717, 1.165) is 14.9 Å². The van der Waals surface area contributed by atoms with Gasteiger partial charge < -0.3 is 29.2 Å². The van der Waals surface area contributed by atoms with Gasteiger partial charge in [-0.2, -0.15) is 0 Å². The van der Waals surface area contributed by atoms with Crippen LogP contribution in [-0.2, 0) is 9.47 Å². The summed E-state index contributed by atoms with van der Waals surface area (Å²) < 4.78 is 23.0. The number of rotatable bonds is 12. The van der Waals surface area contributed by atoms with Crippen LogP contribution in [0.25, 0.3) is 0 Å². The molecule has 27 heavy (non-hydrogen) atoms. The van der Waals surface area contributed by atoms with Crippen LogP contribution in [0.15, 0.2) is 12.1 Å². The van der Waals surface area contributed by atoms with Crippen LogP contribution in [0.3, 0.4) is 0 Å². The molecule has 0 aliphatic heterocycles. The fourth-order valence-corrected chi connectivity index (χ4v) is 2.98. The normalized spacial score (nSPS) is 11.0. The van der Waals surface area contributed by atoms with Crippen LogP contribution in [-0.4, -0.2) is 71.1 Å². The maximum absolute atomic E-state index is 8.74. The summed E-state index contributed by atoms with van der Waals surface area (Å²) in [5.41, 5.74) is 4.14. The Balaban J connectivity index is 2.86. The molecule has 0 aliphatic carbocycles. The predicted octanol–water partition coefficient (Wildman–Crippen LogP) is 2.30. The van der Waals surface area contributed by atoms with E-state index in [9.17, 15) is 0 Å². The summed E-state index contributed by atoms with van der Waals surface area (Å²) in [6, 6.07) is 3.80. The molecular formula is C19H29IO6Si. The van der Waals surface area contributed by atoms with Gasteiger partial charge in [-0.15, -0.1) is 5.54 Å². The molecule has 0 heterocycles. The zero-order valence-electron chi connectivity index (χ0n) is 16.2. The molecule has 0 saturated heterocycles. The second kappa shape index (κ2) is 13.4. The van der Waals surface area contributed by atoms with E-state index in [4.69, 9.17) is 29.2 Å². The van der Waals surface area contributed by atoms with Gasteiger partial charge in [0.2, 0.25) is 0 Å².